The van der Waals surface area contributed by atoms with Crippen LogP contribution in [0.15, 0.2) is 85.2 Å². The molecule has 0 radical (unpaired) electrons. The van der Waals surface area contributed by atoms with Gasteiger partial charge in [-0.25, -0.2) is 4.68 Å². The molecule has 0 amide bonds. The number of nitrogens with zero attached hydrogens (tertiary/aromatic N) is 3. The summed E-state index contributed by atoms with van der Waals surface area (Å²) >= 11 is 0. The Morgan fingerprint density at radius 1 is 0.821 bits per heavy atom. The van der Waals surface area contributed by atoms with E-state index in [0.717, 1.165) is 12.4 Å². The number of rotatable bonds is 3. The van der Waals surface area contributed by atoms with Gasteiger partial charge in [-0.15, -0.1) is 0 Å². The number of hydrogen-bond acceptors (Lipinski definition) is 3. The Morgan fingerprint density at radius 2 is 1.50 bits per heavy atom. The van der Waals surface area contributed by atoms with Crippen molar-refractivity contribution < 1.29 is 0 Å². The van der Waals surface area contributed by atoms with Crippen molar-refractivity contribution in [3.63, 3.8) is 0 Å². The van der Waals surface area contributed by atoms with E-state index in [1.54, 1.807) is 6.33 Å². The normalized spacial score (nSPS) is 18.3. The summed E-state index contributed by atoms with van der Waals surface area (Å²) in [6, 6.07) is 28.4. The van der Waals surface area contributed by atoms with Crippen LogP contribution in [0, 0.1) is 6.92 Å². The average Bonchev–Trinajstić information content (AvgIpc) is 3.23. The van der Waals surface area contributed by atoms with Gasteiger partial charge in [-0.3, -0.25) is 0 Å². The fourth-order valence-corrected chi connectivity index (χ4v) is 3.94. The first kappa shape index (κ1) is 16.8. The summed E-state index contributed by atoms with van der Waals surface area (Å²) in [6.45, 7) is 2.12. The van der Waals surface area contributed by atoms with E-state index >= 15 is 0 Å². The van der Waals surface area contributed by atoms with Crippen molar-refractivity contribution in [3.05, 3.63) is 102 Å². The first-order valence-corrected chi connectivity index (χ1v) is 9.66. The number of anilines is 1. The molecule has 0 aliphatic carbocycles. The molecule has 28 heavy (non-hydrogen) atoms. The highest BCUT2D eigenvalue weighted by molar-refractivity contribution is 5.63. The summed E-state index contributed by atoms with van der Waals surface area (Å²) in [5.74, 6) is 0.828. The molecule has 0 unspecified atom stereocenters. The van der Waals surface area contributed by atoms with Crippen molar-refractivity contribution in [1.29, 1.82) is 0 Å². The summed E-state index contributed by atoms with van der Waals surface area (Å²) < 4.78 is 2.00. The molecule has 5 rings (SSSR count). The van der Waals surface area contributed by atoms with E-state index in [1.165, 1.54) is 27.8 Å². The quantitative estimate of drug-likeness (QED) is 0.528. The van der Waals surface area contributed by atoms with Gasteiger partial charge in [0.15, 0.2) is 0 Å². The Labute approximate surface area is 164 Å². The maximum absolute atomic E-state index is 4.46. The Kier molecular flexibility index (Phi) is 4.17. The fourth-order valence-electron chi connectivity index (χ4n) is 3.94. The summed E-state index contributed by atoms with van der Waals surface area (Å²) in [6.07, 6.45) is 2.56. The van der Waals surface area contributed by atoms with Gasteiger partial charge in [-0.05, 0) is 35.6 Å². The number of nitrogens with one attached hydrogen (secondary N) is 1. The van der Waals surface area contributed by atoms with Gasteiger partial charge >= 0.3 is 0 Å². The highest BCUT2D eigenvalue weighted by Gasteiger charge is 2.29. The van der Waals surface area contributed by atoms with Gasteiger partial charge < -0.3 is 5.32 Å². The van der Waals surface area contributed by atoms with Gasteiger partial charge in [-0.2, -0.15) is 10.1 Å². The van der Waals surface area contributed by atoms with E-state index in [1.807, 2.05) is 10.7 Å². The minimum atomic E-state index is 0.179. The van der Waals surface area contributed by atoms with Crippen molar-refractivity contribution >= 4 is 5.95 Å². The van der Waals surface area contributed by atoms with E-state index in [4.69, 9.17) is 0 Å². The molecule has 0 saturated carbocycles. The van der Waals surface area contributed by atoms with Crippen LogP contribution in [0.3, 0.4) is 0 Å². The summed E-state index contributed by atoms with van der Waals surface area (Å²) in [4.78, 5) is 4.43. The third-order valence-electron chi connectivity index (χ3n) is 5.51. The average molecular weight is 366 g/mol. The van der Waals surface area contributed by atoms with Gasteiger partial charge in [0.2, 0.25) is 5.95 Å². The Morgan fingerprint density at radius 3 is 2.25 bits per heavy atom. The molecule has 1 aliphatic heterocycles. The van der Waals surface area contributed by atoms with E-state index < -0.39 is 0 Å². The van der Waals surface area contributed by atoms with Crippen LogP contribution in [-0.2, 0) is 0 Å². The number of hydrogen-bond donors (Lipinski definition) is 1. The molecule has 1 aliphatic rings. The van der Waals surface area contributed by atoms with Gasteiger partial charge in [0.25, 0.3) is 0 Å². The molecular formula is C24H22N4. The van der Waals surface area contributed by atoms with Crippen molar-refractivity contribution in [1.82, 2.24) is 14.8 Å². The van der Waals surface area contributed by atoms with Crippen LogP contribution < -0.4 is 5.32 Å². The van der Waals surface area contributed by atoms with Gasteiger partial charge in [0, 0.05) is 0 Å². The zero-order valence-electron chi connectivity index (χ0n) is 15.8. The Bertz CT molecular complexity index is 1070. The maximum atomic E-state index is 4.46. The molecule has 2 heterocycles. The summed E-state index contributed by atoms with van der Waals surface area (Å²) in [5.41, 5.74) is 6.28. The molecule has 3 aromatic carbocycles. The van der Waals surface area contributed by atoms with Crippen LogP contribution in [0.5, 0.6) is 0 Å². The fraction of sp³-hybridized carbons (Fsp3) is 0.167. The van der Waals surface area contributed by atoms with E-state index in [9.17, 15) is 0 Å². The molecule has 4 heteroatoms. The largest absolute Gasteiger partial charge is 0.348 e. The van der Waals surface area contributed by atoms with E-state index in [-0.39, 0.29) is 12.1 Å². The summed E-state index contributed by atoms with van der Waals surface area (Å²) in [7, 11) is 0. The van der Waals surface area contributed by atoms with Crippen molar-refractivity contribution in [2.75, 3.05) is 5.32 Å². The highest BCUT2D eigenvalue weighted by atomic mass is 15.4. The smallest absolute Gasteiger partial charge is 0.222 e. The molecule has 1 aromatic heterocycles. The van der Waals surface area contributed by atoms with Crippen molar-refractivity contribution in [3.8, 4) is 11.1 Å². The molecule has 138 valence electrons. The highest BCUT2D eigenvalue weighted by Crippen LogP contribution is 2.37. The van der Waals surface area contributed by atoms with Gasteiger partial charge in [0.05, 0.1) is 12.1 Å². The van der Waals surface area contributed by atoms with Gasteiger partial charge in [-0.1, -0.05) is 84.4 Å². The van der Waals surface area contributed by atoms with Crippen molar-refractivity contribution in [2.24, 2.45) is 0 Å². The molecule has 4 nitrogen and oxygen atoms in total. The molecule has 0 saturated heterocycles. The van der Waals surface area contributed by atoms with Crippen molar-refractivity contribution in [2.45, 2.75) is 25.4 Å². The number of aryl methyl sites for hydroxylation is 1. The lowest BCUT2D eigenvalue weighted by atomic mass is 9.92. The molecule has 4 aromatic rings. The Balaban J connectivity index is 1.45. The lowest BCUT2D eigenvalue weighted by molar-refractivity contribution is 0.431. The van der Waals surface area contributed by atoms with Crippen LogP contribution in [0.25, 0.3) is 11.1 Å². The van der Waals surface area contributed by atoms with E-state index in [2.05, 4.69) is 95.1 Å². The second kappa shape index (κ2) is 6.97. The monoisotopic (exact) mass is 366 g/mol. The topological polar surface area (TPSA) is 42.7 Å². The molecule has 2 atom stereocenters. The first-order chi connectivity index (χ1) is 13.8. The van der Waals surface area contributed by atoms with Gasteiger partial charge in [0.1, 0.15) is 6.33 Å². The molecule has 0 spiro atoms. The summed E-state index contributed by atoms with van der Waals surface area (Å²) in [5, 5.41) is 8.01. The first-order valence-electron chi connectivity index (χ1n) is 9.66. The minimum absolute atomic E-state index is 0.179. The van der Waals surface area contributed by atoms with E-state index in [0.29, 0.717) is 0 Å². The second-order valence-corrected chi connectivity index (χ2v) is 7.38. The minimum Gasteiger partial charge on any atom is -0.348 e. The third kappa shape index (κ3) is 3.07. The molecule has 0 fully saturated rings. The molecule has 0 bridgehead atoms. The Hall–Kier alpha value is -3.40. The van der Waals surface area contributed by atoms with Crippen LogP contribution >= 0.6 is 0 Å². The predicted molar refractivity (Wildman–Crippen MR) is 112 cm³/mol. The van der Waals surface area contributed by atoms with Crippen LogP contribution in [0.2, 0.25) is 0 Å². The maximum Gasteiger partial charge on any atom is 0.222 e. The third-order valence-corrected chi connectivity index (χ3v) is 5.51. The second-order valence-electron chi connectivity index (χ2n) is 7.38. The number of fused-ring (bicyclic) bond motifs is 1. The lowest BCUT2D eigenvalue weighted by Gasteiger charge is -2.32. The van der Waals surface area contributed by atoms with Crippen LogP contribution in [-0.4, -0.2) is 14.8 Å². The van der Waals surface area contributed by atoms with Crippen LogP contribution in [0.4, 0.5) is 5.95 Å². The number of aromatic nitrogens is 3. The molecule has 1 N–H and O–H groups in total. The molecular weight excluding hydrogens is 344 g/mol. The zero-order valence-corrected chi connectivity index (χ0v) is 15.8. The van der Waals surface area contributed by atoms with Crippen LogP contribution in [0.1, 0.15) is 35.2 Å². The standard InChI is InChI=1S/C24H22N4/c1-17-7-9-21(10-8-17)23-15-22(27-24-25-16-26-28(23)24)20-13-11-19(12-14-20)18-5-3-2-4-6-18/h2-14,16,22-23H,15H2,1H3,(H,25,26,27)/t22-,23+/m0/s1. The zero-order chi connectivity index (χ0) is 18.9. The number of benzene rings is 3. The lowest BCUT2D eigenvalue weighted by Crippen LogP contribution is -2.28. The SMILES string of the molecule is Cc1ccc([C@H]2C[C@@H](c3ccc(-c4ccccc4)cc3)Nc3ncnn32)cc1. The predicted octanol–water partition coefficient (Wildman–Crippen LogP) is 5.40.